The van der Waals surface area contributed by atoms with Gasteiger partial charge in [0.15, 0.2) is 5.82 Å². The van der Waals surface area contributed by atoms with Crippen LogP contribution in [-0.4, -0.2) is 16.2 Å². The Morgan fingerprint density at radius 1 is 1.69 bits per heavy atom. The van der Waals surface area contributed by atoms with E-state index >= 15 is 0 Å². The van der Waals surface area contributed by atoms with Crippen molar-refractivity contribution in [2.45, 2.75) is 32.9 Å². The highest BCUT2D eigenvalue weighted by molar-refractivity contribution is 4.98. The number of terminal acetylenes is 1. The first-order chi connectivity index (χ1) is 6.26. The van der Waals surface area contributed by atoms with Crippen molar-refractivity contribution in [3.8, 4) is 12.3 Å². The second kappa shape index (κ2) is 4.63. The van der Waals surface area contributed by atoms with Crippen molar-refractivity contribution in [1.29, 1.82) is 0 Å². The molecular formula is C9H13N3O. The molecule has 1 N–H and O–H groups in total. The van der Waals surface area contributed by atoms with E-state index in [0.29, 0.717) is 18.3 Å². The van der Waals surface area contributed by atoms with Gasteiger partial charge in [0, 0.05) is 6.92 Å². The Kier molecular flexibility index (Phi) is 3.47. The summed E-state index contributed by atoms with van der Waals surface area (Å²) in [6, 6.07) is 0.0822. The van der Waals surface area contributed by atoms with Crippen LogP contribution in [0.2, 0.25) is 0 Å². The van der Waals surface area contributed by atoms with Gasteiger partial charge in [0.1, 0.15) is 0 Å². The van der Waals surface area contributed by atoms with Crippen LogP contribution in [0.1, 0.15) is 25.1 Å². The average molecular weight is 179 g/mol. The van der Waals surface area contributed by atoms with Gasteiger partial charge in [-0.15, -0.1) is 6.42 Å². The van der Waals surface area contributed by atoms with E-state index in [-0.39, 0.29) is 6.04 Å². The van der Waals surface area contributed by atoms with Gasteiger partial charge in [-0.25, -0.2) is 0 Å². The minimum Gasteiger partial charge on any atom is -0.340 e. The lowest BCUT2D eigenvalue weighted by Gasteiger charge is -2.06. The lowest BCUT2D eigenvalue weighted by atomic mass is 10.2. The normalized spacial score (nSPS) is 12.4. The fourth-order valence-electron chi connectivity index (χ4n) is 0.949. The van der Waals surface area contributed by atoms with Gasteiger partial charge in [-0.05, 0) is 6.42 Å². The second-order valence-electron chi connectivity index (χ2n) is 2.74. The maximum atomic E-state index is 5.28. The zero-order chi connectivity index (χ0) is 9.68. The van der Waals surface area contributed by atoms with E-state index in [9.17, 15) is 0 Å². The third-order valence-electron chi connectivity index (χ3n) is 1.69. The SMILES string of the molecule is C#CC(CC)NCc1noc(C)n1. The van der Waals surface area contributed by atoms with Gasteiger partial charge in [-0.3, -0.25) is 5.32 Å². The van der Waals surface area contributed by atoms with Crippen molar-refractivity contribution >= 4 is 0 Å². The molecule has 0 radical (unpaired) electrons. The number of aromatic nitrogens is 2. The number of hydrogen-bond donors (Lipinski definition) is 1. The largest absolute Gasteiger partial charge is 0.340 e. The summed E-state index contributed by atoms with van der Waals surface area (Å²) < 4.78 is 4.81. The highest BCUT2D eigenvalue weighted by atomic mass is 16.5. The van der Waals surface area contributed by atoms with Crippen LogP contribution in [-0.2, 0) is 6.54 Å². The molecule has 1 atom stereocenters. The molecule has 1 aromatic heterocycles. The summed E-state index contributed by atoms with van der Waals surface area (Å²) in [5, 5.41) is 6.87. The molecule has 0 fully saturated rings. The monoisotopic (exact) mass is 179 g/mol. The Hall–Kier alpha value is -1.34. The van der Waals surface area contributed by atoms with E-state index in [1.54, 1.807) is 6.92 Å². The third-order valence-corrected chi connectivity index (χ3v) is 1.69. The quantitative estimate of drug-likeness (QED) is 0.697. The molecule has 1 unspecified atom stereocenters. The van der Waals surface area contributed by atoms with E-state index in [0.717, 1.165) is 6.42 Å². The molecule has 1 aromatic rings. The van der Waals surface area contributed by atoms with Crippen LogP contribution in [0.25, 0.3) is 0 Å². The summed E-state index contributed by atoms with van der Waals surface area (Å²) in [6.07, 6.45) is 6.17. The Morgan fingerprint density at radius 3 is 2.92 bits per heavy atom. The van der Waals surface area contributed by atoms with E-state index in [1.165, 1.54) is 0 Å². The van der Waals surface area contributed by atoms with Crippen LogP contribution >= 0.6 is 0 Å². The molecule has 0 aliphatic carbocycles. The number of rotatable bonds is 4. The van der Waals surface area contributed by atoms with Crippen molar-refractivity contribution in [3.63, 3.8) is 0 Å². The summed E-state index contributed by atoms with van der Waals surface area (Å²) >= 11 is 0. The van der Waals surface area contributed by atoms with Gasteiger partial charge < -0.3 is 4.52 Å². The maximum absolute atomic E-state index is 5.28. The molecule has 0 saturated heterocycles. The summed E-state index contributed by atoms with van der Waals surface area (Å²) in [7, 11) is 0. The van der Waals surface area contributed by atoms with Crippen molar-refractivity contribution in [3.05, 3.63) is 11.7 Å². The zero-order valence-electron chi connectivity index (χ0n) is 7.87. The van der Waals surface area contributed by atoms with E-state index in [2.05, 4.69) is 21.4 Å². The van der Waals surface area contributed by atoms with Crippen LogP contribution in [0.15, 0.2) is 4.52 Å². The van der Waals surface area contributed by atoms with Gasteiger partial charge in [-0.1, -0.05) is 18.0 Å². The molecule has 0 aliphatic rings. The van der Waals surface area contributed by atoms with Crippen molar-refractivity contribution in [2.75, 3.05) is 0 Å². The van der Waals surface area contributed by atoms with Gasteiger partial charge >= 0.3 is 0 Å². The van der Waals surface area contributed by atoms with Crippen molar-refractivity contribution < 1.29 is 4.52 Å². The highest BCUT2D eigenvalue weighted by Gasteiger charge is 2.04. The Labute approximate surface area is 77.7 Å². The minimum absolute atomic E-state index is 0.0822. The molecule has 0 amide bonds. The number of aryl methyl sites for hydroxylation is 1. The van der Waals surface area contributed by atoms with E-state index < -0.39 is 0 Å². The number of nitrogens with zero attached hydrogens (tertiary/aromatic N) is 2. The first-order valence-corrected chi connectivity index (χ1v) is 4.25. The molecule has 4 nitrogen and oxygen atoms in total. The average Bonchev–Trinajstić information content (AvgIpc) is 2.53. The molecule has 0 aromatic carbocycles. The molecule has 13 heavy (non-hydrogen) atoms. The summed E-state index contributed by atoms with van der Waals surface area (Å²) in [6.45, 7) is 4.34. The fourth-order valence-corrected chi connectivity index (χ4v) is 0.949. The van der Waals surface area contributed by atoms with Crippen LogP contribution in [0.5, 0.6) is 0 Å². The molecule has 1 heterocycles. The van der Waals surface area contributed by atoms with Crippen LogP contribution < -0.4 is 5.32 Å². The van der Waals surface area contributed by atoms with Gasteiger partial charge in [0.05, 0.1) is 12.6 Å². The Morgan fingerprint density at radius 2 is 2.46 bits per heavy atom. The molecule has 0 aliphatic heterocycles. The minimum atomic E-state index is 0.0822. The van der Waals surface area contributed by atoms with Crippen molar-refractivity contribution in [2.24, 2.45) is 0 Å². The smallest absolute Gasteiger partial charge is 0.223 e. The van der Waals surface area contributed by atoms with Crippen LogP contribution in [0, 0.1) is 19.3 Å². The standard InChI is InChI=1S/C9H13N3O/c1-4-8(5-2)10-6-9-11-7(3)13-12-9/h1,8,10H,5-6H2,2-3H3. The van der Waals surface area contributed by atoms with E-state index in [1.807, 2.05) is 6.92 Å². The summed E-state index contributed by atoms with van der Waals surface area (Å²) in [4.78, 5) is 4.04. The van der Waals surface area contributed by atoms with Crippen molar-refractivity contribution in [1.82, 2.24) is 15.5 Å². The predicted octanol–water partition coefficient (Wildman–Crippen LogP) is 0.879. The lowest BCUT2D eigenvalue weighted by molar-refractivity contribution is 0.384. The maximum Gasteiger partial charge on any atom is 0.223 e. The summed E-state index contributed by atoms with van der Waals surface area (Å²) in [5.74, 6) is 3.85. The zero-order valence-corrected chi connectivity index (χ0v) is 7.87. The topological polar surface area (TPSA) is 51.0 Å². The Balaban J connectivity index is 2.39. The lowest BCUT2D eigenvalue weighted by Crippen LogP contribution is -2.26. The summed E-state index contributed by atoms with van der Waals surface area (Å²) in [5.41, 5.74) is 0. The van der Waals surface area contributed by atoms with Crippen LogP contribution in [0.3, 0.4) is 0 Å². The molecule has 1 rings (SSSR count). The molecule has 0 saturated carbocycles. The molecular weight excluding hydrogens is 166 g/mol. The fraction of sp³-hybridized carbons (Fsp3) is 0.556. The molecule has 0 bridgehead atoms. The molecule has 0 spiro atoms. The molecule has 4 heteroatoms. The van der Waals surface area contributed by atoms with Gasteiger partial charge in [0.2, 0.25) is 5.89 Å². The first kappa shape index (κ1) is 9.75. The number of hydrogen-bond acceptors (Lipinski definition) is 4. The first-order valence-electron chi connectivity index (χ1n) is 4.25. The van der Waals surface area contributed by atoms with Gasteiger partial charge in [-0.2, -0.15) is 4.98 Å². The van der Waals surface area contributed by atoms with Crippen LogP contribution in [0.4, 0.5) is 0 Å². The van der Waals surface area contributed by atoms with E-state index in [4.69, 9.17) is 10.9 Å². The van der Waals surface area contributed by atoms with Gasteiger partial charge in [0.25, 0.3) is 0 Å². The predicted molar refractivity (Wildman–Crippen MR) is 48.8 cm³/mol. The Bertz CT molecular complexity index is 300. The molecule has 70 valence electrons. The second-order valence-corrected chi connectivity index (χ2v) is 2.74. The third kappa shape index (κ3) is 2.88. The number of nitrogens with one attached hydrogen (secondary N) is 1. The highest BCUT2D eigenvalue weighted by Crippen LogP contribution is 1.96.